The minimum atomic E-state index is 0. The zero-order valence-electron chi connectivity index (χ0n) is 1.88. The van der Waals surface area contributed by atoms with Gasteiger partial charge in [0.1, 0.15) is 0 Å². The van der Waals surface area contributed by atoms with Gasteiger partial charge in [0.05, 0.1) is 0 Å². The van der Waals surface area contributed by atoms with Crippen LogP contribution in [0.2, 0.25) is 0 Å². The van der Waals surface area contributed by atoms with Crippen LogP contribution in [0.3, 0.4) is 0 Å². The first-order valence-electron chi connectivity index (χ1n) is 0.167. The van der Waals surface area contributed by atoms with Gasteiger partial charge in [-0.1, -0.05) is 0 Å². The van der Waals surface area contributed by atoms with E-state index in [1.165, 1.54) is 16.2 Å². The fourth-order valence-corrected chi connectivity index (χ4v) is 0. The number of hydrogen-bond donors (Lipinski definition) is 0. The Kier molecular flexibility index (Phi) is 94.3. The summed E-state index contributed by atoms with van der Waals surface area (Å²) in [5.74, 6) is 0. The van der Waals surface area contributed by atoms with Crippen LogP contribution in [0.15, 0.2) is 0 Å². The van der Waals surface area contributed by atoms with Crippen LogP contribution < -0.4 is 0 Å². The van der Waals surface area contributed by atoms with Crippen molar-refractivity contribution in [2.45, 2.75) is 0 Å². The Morgan fingerprint density at radius 3 is 1.25 bits per heavy atom. The summed E-state index contributed by atoms with van der Waals surface area (Å²) in [4.78, 5) is 0. The molecule has 0 aliphatic heterocycles. The molecule has 4 heteroatoms. The Balaban J connectivity index is -0.00000000500. The maximum absolute atomic E-state index is 8.12. The zero-order chi connectivity index (χ0) is 2.00. The molecule has 0 aromatic carbocycles. The summed E-state index contributed by atoms with van der Waals surface area (Å²) in [6.07, 6.45) is 0. The molecule has 28 valence electrons. The van der Waals surface area contributed by atoms with Crippen LogP contribution in [0.25, 0.3) is 0 Å². The van der Waals surface area contributed by atoms with Crippen molar-refractivity contribution in [3.63, 3.8) is 0 Å². The van der Waals surface area contributed by atoms with E-state index in [2.05, 4.69) is 0 Å². The van der Waals surface area contributed by atoms with E-state index in [-0.39, 0.29) is 43.3 Å². The maximum atomic E-state index is 8.12. The Labute approximate surface area is 62.8 Å². The first kappa shape index (κ1) is 17.2. The van der Waals surface area contributed by atoms with E-state index >= 15 is 0 Å². The average Bonchev–Trinajstić information content (AvgIpc) is 1.00. The average molecular weight is 336 g/mol. The molecule has 0 fully saturated rings. The predicted octanol–water partition coefficient (Wildman–Crippen LogP) is -1.31. The molecule has 0 bridgehead atoms. The molecule has 0 amide bonds. The first-order chi connectivity index (χ1) is 1.00. The summed E-state index contributed by atoms with van der Waals surface area (Å²) in [7, 11) is 0. The molecule has 0 heterocycles. The van der Waals surface area contributed by atoms with Gasteiger partial charge in [-0.2, -0.15) is 0 Å². The molecule has 0 N–H and O–H groups in total. The molecule has 0 saturated heterocycles. The molecule has 0 aliphatic rings. The molecule has 0 aromatic rings. The molecule has 0 aromatic heterocycles. The summed E-state index contributed by atoms with van der Waals surface area (Å²) in [5, 5.41) is 0. The Bertz CT molecular complexity index is 8.00. The van der Waals surface area contributed by atoms with Crippen LogP contribution in [0, 0.1) is 0 Å². The van der Waals surface area contributed by atoms with Gasteiger partial charge in [0.15, 0.2) is 0 Å². The Hall–Kier alpha value is 1.74. The molecule has 0 unspecified atom stereocenters. The molecular formula is H3BiCrFeO. The van der Waals surface area contributed by atoms with Crippen LogP contribution >= 0.6 is 0 Å². The van der Waals surface area contributed by atoms with E-state index in [1.807, 2.05) is 0 Å². The number of hydrogen-bond acceptors (Lipinski definition) is 1. The fraction of sp³-hybridized carbons (Fsp3) is 0. The van der Waals surface area contributed by atoms with Crippen molar-refractivity contribution < 1.29 is 37.1 Å². The zero-order valence-corrected chi connectivity index (χ0v) is 9.75. The molecule has 0 atom stereocenters. The molecule has 0 rings (SSSR count). The van der Waals surface area contributed by atoms with E-state index in [1.54, 1.807) is 0 Å². The molecule has 1 nitrogen and oxygen atoms in total. The molecule has 0 radical (unpaired) electrons. The van der Waals surface area contributed by atoms with Gasteiger partial charge in [-0.05, 0) is 0 Å². The van der Waals surface area contributed by atoms with Crippen LogP contribution in [-0.2, 0) is 37.1 Å². The predicted molar refractivity (Wildman–Crippen MR) is 10.6 cm³/mol. The standard InChI is InChI=1S/Bi.Cr.Fe.O.3H. The second kappa shape index (κ2) is 21.9. The first-order valence-corrected chi connectivity index (χ1v) is 0.687. The second-order valence-corrected chi connectivity index (χ2v) is 0. The van der Waals surface area contributed by atoms with Crippen LogP contribution in [0.1, 0.15) is 0 Å². The SMILES string of the molecule is [BiH3].[Fe].[O]=[Cr]. The van der Waals surface area contributed by atoms with Gasteiger partial charge < -0.3 is 0 Å². The van der Waals surface area contributed by atoms with Crippen LogP contribution in [0.5, 0.6) is 0 Å². The summed E-state index contributed by atoms with van der Waals surface area (Å²) in [6, 6.07) is 0. The quantitative estimate of drug-likeness (QED) is 0.503. The third kappa shape index (κ3) is 9.28. The van der Waals surface area contributed by atoms with E-state index in [0.29, 0.717) is 0 Å². The Morgan fingerprint density at radius 1 is 1.25 bits per heavy atom. The van der Waals surface area contributed by atoms with Crippen LogP contribution in [0.4, 0.5) is 0 Å². The van der Waals surface area contributed by atoms with E-state index in [4.69, 9.17) is 3.80 Å². The van der Waals surface area contributed by atoms with Gasteiger partial charge >= 0.3 is 46.2 Å². The monoisotopic (exact) mass is 336 g/mol. The topological polar surface area (TPSA) is 17.1 Å². The van der Waals surface area contributed by atoms with Crippen molar-refractivity contribution in [1.82, 2.24) is 0 Å². The van der Waals surface area contributed by atoms with Gasteiger partial charge in [-0.25, -0.2) is 0 Å². The van der Waals surface area contributed by atoms with E-state index in [0.717, 1.165) is 0 Å². The third-order valence-corrected chi connectivity index (χ3v) is 0. The van der Waals surface area contributed by atoms with Gasteiger partial charge in [0.25, 0.3) is 0 Å². The molecule has 0 spiro atoms. The van der Waals surface area contributed by atoms with Gasteiger partial charge in [0.2, 0.25) is 0 Å². The van der Waals surface area contributed by atoms with E-state index < -0.39 is 0 Å². The van der Waals surface area contributed by atoms with Crippen molar-refractivity contribution in [3.05, 3.63) is 0 Å². The molecule has 0 saturated carbocycles. The summed E-state index contributed by atoms with van der Waals surface area (Å²) in [6.45, 7) is 0. The van der Waals surface area contributed by atoms with Gasteiger partial charge in [-0.3, -0.25) is 0 Å². The molecular weight excluding hydrogens is 333 g/mol. The summed E-state index contributed by atoms with van der Waals surface area (Å²) in [5.41, 5.74) is 0. The normalized spacial score (nSPS) is 1.00. The fourth-order valence-electron chi connectivity index (χ4n) is 0. The number of rotatable bonds is 0. The van der Waals surface area contributed by atoms with Gasteiger partial charge in [-0.15, -0.1) is 0 Å². The molecule has 4 heavy (non-hydrogen) atoms. The minimum absolute atomic E-state index is 0. The van der Waals surface area contributed by atoms with Gasteiger partial charge in [0, 0.05) is 17.1 Å². The van der Waals surface area contributed by atoms with Crippen LogP contribution in [-0.4, -0.2) is 26.2 Å². The third-order valence-electron chi connectivity index (χ3n) is 0. The van der Waals surface area contributed by atoms with Crippen molar-refractivity contribution in [2.24, 2.45) is 0 Å². The summed E-state index contributed by atoms with van der Waals surface area (Å²) >= 11 is 1.38. The Morgan fingerprint density at radius 2 is 1.25 bits per heavy atom. The van der Waals surface area contributed by atoms with Crippen molar-refractivity contribution in [1.29, 1.82) is 0 Å². The van der Waals surface area contributed by atoms with Crippen molar-refractivity contribution in [3.8, 4) is 0 Å². The summed E-state index contributed by atoms with van der Waals surface area (Å²) < 4.78 is 8.12. The second-order valence-electron chi connectivity index (χ2n) is 0. The van der Waals surface area contributed by atoms with Crippen molar-refractivity contribution >= 4 is 26.2 Å². The van der Waals surface area contributed by atoms with Crippen molar-refractivity contribution in [2.75, 3.05) is 0 Å². The molecule has 0 aliphatic carbocycles. The van der Waals surface area contributed by atoms with E-state index in [9.17, 15) is 0 Å².